The molecule has 1 aromatic carbocycles. The van der Waals surface area contributed by atoms with Crippen LogP contribution in [0.15, 0.2) is 48.1 Å². The number of tetrazole rings is 1. The number of nitrogens with zero attached hydrogens (tertiary/aromatic N) is 5. The highest BCUT2D eigenvalue weighted by Crippen LogP contribution is 2.31. The van der Waals surface area contributed by atoms with Crippen molar-refractivity contribution in [2.45, 2.75) is 6.92 Å². The highest BCUT2D eigenvalue weighted by atomic mass is 32.1. The van der Waals surface area contributed by atoms with Crippen molar-refractivity contribution in [3.63, 3.8) is 0 Å². The summed E-state index contributed by atoms with van der Waals surface area (Å²) in [5.74, 6) is 0.0419. The maximum absolute atomic E-state index is 12.4. The quantitative estimate of drug-likeness (QED) is 0.405. The fraction of sp³-hybridized carbons (Fsp3) is 0.0625. The summed E-state index contributed by atoms with van der Waals surface area (Å²) in [4.78, 5) is 18.5. The standard InChI is InChI=1S/C16H11N5O2S2/c1-10-14(25-15(18-10)13-3-2-8-24-13)16(22)23-12-6-4-11(5-7-12)21-9-17-19-20-21/h2-9H,1H3. The molecule has 0 aliphatic heterocycles. The number of aryl methyl sites for hydroxylation is 1. The Morgan fingerprint density at radius 2 is 2.04 bits per heavy atom. The van der Waals surface area contributed by atoms with Crippen LogP contribution in [0.5, 0.6) is 5.75 Å². The minimum atomic E-state index is -0.409. The lowest BCUT2D eigenvalue weighted by atomic mass is 10.3. The lowest BCUT2D eigenvalue weighted by Gasteiger charge is -2.04. The second-order valence-corrected chi connectivity index (χ2v) is 7.00. The first-order valence-electron chi connectivity index (χ1n) is 7.27. The molecule has 0 saturated heterocycles. The van der Waals surface area contributed by atoms with Gasteiger partial charge in [0.05, 0.1) is 16.3 Å². The van der Waals surface area contributed by atoms with Gasteiger partial charge in [-0.2, -0.15) is 0 Å². The van der Waals surface area contributed by atoms with Gasteiger partial charge in [0, 0.05) is 0 Å². The fourth-order valence-electron chi connectivity index (χ4n) is 2.19. The van der Waals surface area contributed by atoms with Crippen molar-refractivity contribution in [1.29, 1.82) is 0 Å². The molecule has 124 valence electrons. The van der Waals surface area contributed by atoms with Crippen LogP contribution in [0.25, 0.3) is 15.6 Å². The highest BCUT2D eigenvalue weighted by molar-refractivity contribution is 7.22. The van der Waals surface area contributed by atoms with Gasteiger partial charge in [0.15, 0.2) is 0 Å². The van der Waals surface area contributed by atoms with Gasteiger partial charge in [-0.3, -0.25) is 0 Å². The lowest BCUT2D eigenvalue weighted by molar-refractivity contribution is 0.0739. The van der Waals surface area contributed by atoms with Crippen molar-refractivity contribution in [3.8, 4) is 21.3 Å². The molecule has 7 nitrogen and oxygen atoms in total. The molecule has 0 amide bonds. The van der Waals surface area contributed by atoms with E-state index in [4.69, 9.17) is 4.74 Å². The number of carbonyl (C=O) groups is 1. The van der Waals surface area contributed by atoms with Crippen LogP contribution in [-0.2, 0) is 0 Å². The minimum Gasteiger partial charge on any atom is -0.422 e. The van der Waals surface area contributed by atoms with Crippen LogP contribution in [-0.4, -0.2) is 31.2 Å². The monoisotopic (exact) mass is 369 g/mol. The van der Waals surface area contributed by atoms with Gasteiger partial charge in [0.2, 0.25) is 0 Å². The molecule has 4 rings (SSSR count). The second-order valence-electron chi connectivity index (χ2n) is 5.05. The largest absolute Gasteiger partial charge is 0.422 e. The molecule has 0 aliphatic rings. The van der Waals surface area contributed by atoms with Gasteiger partial charge in [0.1, 0.15) is 22.0 Å². The molecule has 0 fully saturated rings. The number of hydrogen-bond acceptors (Lipinski definition) is 8. The van der Waals surface area contributed by atoms with E-state index < -0.39 is 5.97 Å². The smallest absolute Gasteiger partial charge is 0.355 e. The van der Waals surface area contributed by atoms with E-state index in [-0.39, 0.29) is 0 Å². The predicted octanol–water partition coefficient (Wildman–Crippen LogP) is 3.37. The Hall–Kier alpha value is -2.91. The van der Waals surface area contributed by atoms with Crippen molar-refractivity contribution in [2.75, 3.05) is 0 Å². The maximum atomic E-state index is 12.4. The summed E-state index contributed by atoms with van der Waals surface area (Å²) in [6.45, 7) is 1.81. The number of aromatic nitrogens is 5. The highest BCUT2D eigenvalue weighted by Gasteiger charge is 2.18. The molecule has 3 heterocycles. The van der Waals surface area contributed by atoms with Crippen LogP contribution >= 0.6 is 22.7 Å². The van der Waals surface area contributed by atoms with Crippen LogP contribution < -0.4 is 4.74 Å². The third-order valence-corrected chi connectivity index (χ3v) is 5.55. The summed E-state index contributed by atoms with van der Waals surface area (Å²) in [7, 11) is 0. The average molecular weight is 369 g/mol. The van der Waals surface area contributed by atoms with Crippen molar-refractivity contribution in [1.82, 2.24) is 25.2 Å². The summed E-state index contributed by atoms with van der Waals surface area (Å²) in [5, 5.41) is 13.8. The Morgan fingerprint density at radius 3 is 2.72 bits per heavy atom. The van der Waals surface area contributed by atoms with Crippen LogP contribution in [0, 0.1) is 6.92 Å². The van der Waals surface area contributed by atoms with Gasteiger partial charge >= 0.3 is 5.97 Å². The SMILES string of the molecule is Cc1nc(-c2cccs2)sc1C(=O)Oc1ccc(-n2cnnn2)cc1. The number of hydrogen-bond donors (Lipinski definition) is 0. The van der Waals surface area contributed by atoms with Gasteiger partial charge < -0.3 is 4.74 Å². The zero-order valence-corrected chi connectivity index (χ0v) is 14.6. The summed E-state index contributed by atoms with van der Waals surface area (Å²) in [5.41, 5.74) is 1.45. The molecule has 0 atom stereocenters. The summed E-state index contributed by atoms with van der Waals surface area (Å²) in [6.07, 6.45) is 1.49. The Balaban J connectivity index is 1.52. The number of carbonyl (C=O) groups excluding carboxylic acids is 1. The van der Waals surface area contributed by atoms with Crippen molar-refractivity contribution < 1.29 is 9.53 Å². The number of ether oxygens (including phenoxy) is 1. The molecule has 9 heteroatoms. The van der Waals surface area contributed by atoms with Crippen LogP contribution in [0.1, 0.15) is 15.4 Å². The normalized spacial score (nSPS) is 10.8. The lowest BCUT2D eigenvalue weighted by Crippen LogP contribution is -2.08. The number of thiophene rings is 1. The molecule has 3 aromatic heterocycles. The van der Waals surface area contributed by atoms with Crippen molar-refractivity contribution in [2.24, 2.45) is 0 Å². The van der Waals surface area contributed by atoms with E-state index >= 15 is 0 Å². The molecule has 0 unspecified atom stereocenters. The third kappa shape index (κ3) is 3.19. The van der Waals surface area contributed by atoms with Gasteiger partial charge in [-0.1, -0.05) is 6.07 Å². The molecule has 0 saturated carbocycles. The van der Waals surface area contributed by atoms with Gasteiger partial charge in [-0.15, -0.1) is 27.8 Å². The van der Waals surface area contributed by atoms with Gasteiger partial charge in [0.25, 0.3) is 0 Å². The topological polar surface area (TPSA) is 82.8 Å². The van der Waals surface area contributed by atoms with E-state index in [1.165, 1.54) is 22.3 Å². The van der Waals surface area contributed by atoms with Crippen molar-refractivity contribution in [3.05, 3.63) is 58.7 Å². The number of esters is 1. The van der Waals surface area contributed by atoms with E-state index in [0.29, 0.717) is 16.3 Å². The first-order chi connectivity index (χ1) is 12.2. The zero-order chi connectivity index (χ0) is 17.2. The molecule has 0 radical (unpaired) electrons. The van der Waals surface area contributed by atoms with Crippen LogP contribution in [0.3, 0.4) is 0 Å². The minimum absolute atomic E-state index is 0.409. The summed E-state index contributed by atoms with van der Waals surface area (Å²) >= 11 is 2.93. The first kappa shape index (κ1) is 15.6. The van der Waals surface area contributed by atoms with E-state index in [9.17, 15) is 4.79 Å². The summed E-state index contributed by atoms with van der Waals surface area (Å²) in [6, 6.07) is 10.9. The molecular formula is C16H11N5O2S2. The Kier molecular flexibility index (Phi) is 4.08. The van der Waals surface area contributed by atoms with E-state index in [2.05, 4.69) is 20.5 Å². The van der Waals surface area contributed by atoms with E-state index in [0.717, 1.165) is 15.6 Å². The fourth-order valence-corrected chi connectivity index (χ4v) is 3.93. The van der Waals surface area contributed by atoms with Gasteiger partial charge in [-0.25, -0.2) is 14.5 Å². The molecule has 25 heavy (non-hydrogen) atoms. The van der Waals surface area contributed by atoms with Crippen molar-refractivity contribution >= 4 is 28.6 Å². The van der Waals surface area contributed by atoms with Gasteiger partial charge in [-0.05, 0) is 53.1 Å². The van der Waals surface area contributed by atoms with E-state index in [1.807, 2.05) is 24.4 Å². The molecule has 0 aliphatic carbocycles. The van der Waals surface area contributed by atoms with E-state index in [1.54, 1.807) is 35.6 Å². The first-order valence-corrected chi connectivity index (χ1v) is 8.97. The Bertz CT molecular complexity index is 992. The summed E-state index contributed by atoms with van der Waals surface area (Å²) < 4.78 is 6.98. The molecule has 0 spiro atoms. The Labute approximate surface area is 150 Å². The maximum Gasteiger partial charge on any atom is 0.355 e. The predicted molar refractivity (Wildman–Crippen MR) is 94.3 cm³/mol. The zero-order valence-electron chi connectivity index (χ0n) is 13.0. The molecule has 4 aromatic rings. The number of benzene rings is 1. The molecule has 0 N–H and O–H groups in total. The molecule has 0 bridgehead atoms. The third-order valence-electron chi connectivity index (χ3n) is 3.37. The number of rotatable bonds is 4. The Morgan fingerprint density at radius 1 is 1.20 bits per heavy atom. The second kappa shape index (κ2) is 6.54. The number of thiazole rings is 1. The average Bonchev–Trinajstić information content (AvgIpc) is 3.37. The van der Waals surface area contributed by atoms with Crippen LogP contribution in [0.2, 0.25) is 0 Å². The molecular weight excluding hydrogens is 358 g/mol. The van der Waals surface area contributed by atoms with Crippen LogP contribution in [0.4, 0.5) is 0 Å².